The van der Waals surface area contributed by atoms with Crippen LogP contribution in [0.5, 0.6) is 0 Å². The number of hydrogen-bond donors (Lipinski definition) is 2. The van der Waals surface area contributed by atoms with E-state index in [0.717, 1.165) is 0 Å². The molecule has 0 aliphatic rings. The maximum Gasteiger partial charge on any atom is 0.335 e. The second kappa shape index (κ2) is 6.33. The van der Waals surface area contributed by atoms with Gasteiger partial charge < -0.3 is 5.11 Å². The molecule has 2 N–H and O–H groups in total. The van der Waals surface area contributed by atoms with E-state index in [9.17, 15) is 13.2 Å². The van der Waals surface area contributed by atoms with Crippen molar-refractivity contribution in [2.75, 3.05) is 0 Å². The molecule has 0 amide bonds. The van der Waals surface area contributed by atoms with Gasteiger partial charge in [-0.1, -0.05) is 12.1 Å². The van der Waals surface area contributed by atoms with Gasteiger partial charge in [0.25, 0.3) is 0 Å². The third kappa shape index (κ3) is 4.35. The molecule has 2 aromatic rings. The average Bonchev–Trinajstić information content (AvgIpc) is 2.91. The number of carbonyl (C=O) groups is 1. The molecule has 2 rings (SSSR count). The quantitative estimate of drug-likeness (QED) is 0.846. The van der Waals surface area contributed by atoms with Gasteiger partial charge in [-0.05, 0) is 24.6 Å². The lowest BCUT2D eigenvalue weighted by Crippen LogP contribution is -2.28. The van der Waals surface area contributed by atoms with E-state index in [1.807, 2.05) is 0 Å². The molecule has 8 heteroatoms. The monoisotopic (exact) mass is 326 g/mol. The average molecular weight is 326 g/mol. The summed E-state index contributed by atoms with van der Waals surface area (Å²) in [4.78, 5) is 14.9. The number of rotatable bonds is 6. The molecule has 0 aliphatic carbocycles. The standard InChI is InChI=1S/C13H14N2O4S2/c1-9(12-14-5-6-20-12)15-21(18,19)8-10-3-2-4-11(7-10)13(16)17/h2-7,9,15H,8H2,1H3,(H,16,17). The van der Waals surface area contributed by atoms with E-state index < -0.39 is 22.0 Å². The van der Waals surface area contributed by atoms with Crippen LogP contribution in [0.1, 0.15) is 33.9 Å². The van der Waals surface area contributed by atoms with Crippen LogP contribution in [0.2, 0.25) is 0 Å². The highest BCUT2D eigenvalue weighted by Gasteiger charge is 2.18. The molecule has 1 atom stereocenters. The lowest BCUT2D eigenvalue weighted by atomic mass is 10.1. The Morgan fingerprint density at radius 1 is 1.48 bits per heavy atom. The van der Waals surface area contributed by atoms with Gasteiger partial charge in [-0.15, -0.1) is 11.3 Å². The molecule has 6 nitrogen and oxygen atoms in total. The molecule has 0 spiro atoms. The van der Waals surface area contributed by atoms with Crippen LogP contribution in [0.15, 0.2) is 35.8 Å². The Hall–Kier alpha value is -1.77. The maximum absolute atomic E-state index is 12.1. The molecule has 1 unspecified atom stereocenters. The predicted octanol–water partition coefficient (Wildman–Crippen LogP) is 2.02. The zero-order valence-corrected chi connectivity index (χ0v) is 12.8. The summed E-state index contributed by atoms with van der Waals surface area (Å²) in [6.45, 7) is 1.71. The van der Waals surface area contributed by atoms with Gasteiger partial charge in [0.1, 0.15) is 5.01 Å². The molecular weight excluding hydrogens is 312 g/mol. The van der Waals surface area contributed by atoms with Crippen molar-refractivity contribution in [3.05, 3.63) is 52.0 Å². The molecule has 0 aliphatic heterocycles. The molecule has 0 bridgehead atoms. The summed E-state index contributed by atoms with van der Waals surface area (Å²) < 4.78 is 26.7. The highest BCUT2D eigenvalue weighted by Crippen LogP contribution is 2.17. The SMILES string of the molecule is CC(NS(=O)(=O)Cc1cccc(C(=O)O)c1)c1nccs1. The Bertz CT molecular complexity index is 726. The fraction of sp³-hybridized carbons (Fsp3) is 0.231. The van der Waals surface area contributed by atoms with Gasteiger partial charge in [-0.25, -0.2) is 22.9 Å². The number of hydrogen-bond acceptors (Lipinski definition) is 5. The number of carboxylic acid groups (broad SMARTS) is 1. The number of carboxylic acids is 1. The van der Waals surface area contributed by atoms with Crippen molar-refractivity contribution in [1.29, 1.82) is 0 Å². The van der Waals surface area contributed by atoms with Crippen molar-refractivity contribution >= 4 is 27.3 Å². The fourth-order valence-electron chi connectivity index (χ4n) is 1.82. The second-order valence-corrected chi connectivity index (χ2v) is 7.15. The topological polar surface area (TPSA) is 96.4 Å². The summed E-state index contributed by atoms with van der Waals surface area (Å²) in [5.74, 6) is -1.36. The number of sulfonamides is 1. The molecule has 0 radical (unpaired) electrons. The van der Waals surface area contributed by atoms with Gasteiger partial charge in [0.2, 0.25) is 10.0 Å². The van der Waals surface area contributed by atoms with Crippen molar-refractivity contribution in [1.82, 2.24) is 9.71 Å². The number of thiazole rings is 1. The summed E-state index contributed by atoms with van der Waals surface area (Å²) in [6.07, 6.45) is 1.61. The maximum atomic E-state index is 12.1. The summed E-state index contributed by atoms with van der Waals surface area (Å²) in [5, 5.41) is 11.4. The molecule has 0 fully saturated rings. The van der Waals surface area contributed by atoms with Crippen molar-refractivity contribution < 1.29 is 18.3 Å². The summed E-state index contributed by atoms with van der Waals surface area (Å²) in [6, 6.07) is 5.47. The Kier molecular flexibility index (Phi) is 4.71. The van der Waals surface area contributed by atoms with E-state index in [4.69, 9.17) is 5.11 Å². The summed E-state index contributed by atoms with van der Waals surface area (Å²) in [5.41, 5.74) is 0.490. The van der Waals surface area contributed by atoms with Crippen molar-refractivity contribution in [2.24, 2.45) is 0 Å². The lowest BCUT2D eigenvalue weighted by molar-refractivity contribution is 0.0696. The first-order valence-electron chi connectivity index (χ1n) is 6.09. The van der Waals surface area contributed by atoms with Gasteiger partial charge >= 0.3 is 5.97 Å². The second-order valence-electron chi connectivity index (χ2n) is 4.47. The zero-order chi connectivity index (χ0) is 15.5. The summed E-state index contributed by atoms with van der Waals surface area (Å²) in [7, 11) is -3.58. The van der Waals surface area contributed by atoms with E-state index in [0.29, 0.717) is 10.6 Å². The lowest BCUT2D eigenvalue weighted by Gasteiger charge is -2.12. The van der Waals surface area contributed by atoms with Crippen LogP contribution in [0.4, 0.5) is 0 Å². The molecule has 1 heterocycles. The molecular formula is C13H14N2O4S2. The van der Waals surface area contributed by atoms with Gasteiger partial charge in [0.05, 0.1) is 17.4 Å². The van der Waals surface area contributed by atoms with Crippen LogP contribution in [-0.4, -0.2) is 24.5 Å². The van der Waals surface area contributed by atoms with Crippen molar-refractivity contribution in [3.8, 4) is 0 Å². The fourth-order valence-corrected chi connectivity index (χ4v) is 3.90. The minimum atomic E-state index is -3.58. The first-order valence-corrected chi connectivity index (χ1v) is 8.62. The normalized spacial score (nSPS) is 13.0. The van der Waals surface area contributed by atoms with E-state index >= 15 is 0 Å². The number of aromatic nitrogens is 1. The number of benzene rings is 1. The van der Waals surface area contributed by atoms with Gasteiger partial charge in [-0.2, -0.15) is 0 Å². The van der Waals surface area contributed by atoms with Crippen LogP contribution in [0.3, 0.4) is 0 Å². The first kappa shape index (κ1) is 15.6. The van der Waals surface area contributed by atoms with Crippen LogP contribution >= 0.6 is 11.3 Å². The van der Waals surface area contributed by atoms with Crippen LogP contribution < -0.4 is 4.72 Å². The van der Waals surface area contributed by atoms with Gasteiger partial charge in [0, 0.05) is 11.6 Å². The first-order chi connectivity index (χ1) is 9.87. The Morgan fingerprint density at radius 2 is 2.24 bits per heavy atom. The highest BCUT2D eigenvalue weighted by atomic mass is 32.2. The van der Waals surface area contributed by atoms with E-state index in [2.05, 4.69) is 9.71 Å². The van der Waals surface area contributed by atoms with Crippen molar-refractivity contribution in [3.63, 3.8) is 0 Å². The minimum Gasteiger partial charge on any atom is -0.478 e. The summed E-state index contributed by atoms with van der Waals surface area (Å²) >= 11 is 1.37. The largest absolute Gasteiger partial charge is 0.478 e. The zero-order valence-electron chi connectivity index (χ0n) is 11.2. The Labute approximate surface area is 126 Å². The number of nitrogens with zero attached hydrogens (tertiary/aromatic N) is 1. The molecule has 0 saturated heterocycles. The molecule has 21 heavy (non-hydrogen) atoms. The molecule has 112 valence electrons. The Balaban J connectivity index is 2.10. The molecule has 1 aromatic carbocycles. The van der Waals surface area contributed by atoms with Gasteiger partial charge in [0.15, 0.2) is 0 Å². The van der Waals surface area contributed by atoms with Crippen LogP contribution in [0.25, 0.3) is 0 Å². The van der Waals surface area contributed by atoms with E-state index in [1.165, 1.54) is 29.5 Å². The molecule has 0 saturated carbocycles. The van der Waals surface area contributed by atoms with Gasteiger partial charge in [-0.3, -0.25) is 0 Å². The smallest absolute Gasteiger partial charge is 0.335 e. The number of aromatic carboxylic acids is 1. The third-order valence-corrected chi connectivity index (χ3v) is 5.09. The van der Waals surface area contributed by atoms with E-state index in [1.54, 1.807) is 24.6 Å². The number of nitrogens with one attached hydrogen (secondary N) is 1. The third-order valence-electron chi connectivity index (χ3n) is 2.71. The van der Waals surface area contributed by atoms with Crippen LogP contribution in [-0.2, 0) is 15.8 Å². The minimum absolute atomic E-state index is 0.0654. The highest BCUT2D eigenvalue weighted by molar-refractivity contribution is 7.88. The van der Waals surface area contributed by atoms with Crippen molar-refractivity contribution in [2.45, 2.75) is 18.7 Å². The predicted molar refractivity (Wildman–Crippen MR) is 79.7 cm³/mol. The Morgan fingerprint density at radius 3 is 2.86 bits per heavy atom. The van der Waals surface area contributed by atoms with E-state index in [-0.39, 0.29) is 11.3 Å². The van der Waals surface area contributed by atoms with Crippen LogP contribution in [0, 0.1) is 0 Å². The molecule has 1 aromatic heterocycles.